The highest BCUT2D eigenvalue weighted by Gasteiger charge is 2.35. The molecule has 2 aromatic heterocycles. The van der Waals surface area contributed by atoms with Crippen molar-refractivity contribution in [2.24, 2.45) is 5.73 Å². The van der Waals surface area contributed by atoms with Crippen LogP contribution < -0.4 is 11.1 Å². The molecule has 1 fully saturated rings. The molecule has 0 radical (unpaired) electrons. The molecule has 2 aliphatic rings. The number of H-pyrrole nitrogens is 1. The highest BCUT2D eigenvalue weighted by Crippen LogP contribution is 2.28. The third kappa shape index (κ3) is 4.98. The highest BCUT2D eigenvalue weighted by molar-refractivity contribution is 5.93. The minimum atomic E-state index is -0.560. The number of imidazole rings is 1. The summed E-state index contributed by atoms with van der Waals surface area (Å²) in [4.78, 5) is 42.2. The van der Waals surface area contributed by atoms with E-state index in [9.17, 15) is 9.59 Å². The second-order valence-corrected chi connectivity index (χ2v) is 9.72. The first-order chi connectivity index (χ1) is 19.1. The fourth-order valence-corrected chi connectivity index (χ4v) is 5.28. The van der Waals surface area contributed by atoms with E-state index in [2.05, 4.69) is 25.2 Å². The number of primary amides is 1. The number of likely N-dealkylation sites (tertiary alicyclic amines) is 1. The Morgan fingerprint density at radius 2 is 1.69 bits per heavy atom. The van der Waals surface area contributed by atoms with Crippen LogP contribution in [-0.4, -0.2) is 61.7 Å². The number of aromatic amines is 1. The predicted octanol–water partition coefficient (Wildman–Crippen LogP) is 3.91. The Balaban J connectivity index is 1.16. The Kier molecular flexibility index (Phi) is 6.54. The maximum absolute atomic E-state index is 13.4. The van der Waals surface area contributed by atoms with Crippen LogP contribution in [0.3, 0.4) is 0 Å². The summed E-state index contributed by atoms with van der Waals surface area (Å²) < 4.78 is 0. The molecule has 196 valence electrons. The van der Waals surface area contributed by atoms with Gasteiger partial charge in [-0.3, -0.25) is 9.59 Å². The number of pyridine rings is 1. The van der Waals surface area contributed by atoms with E-state index in [0.717, 1.165) is 22.5 Å². The van der Waals surface area contributed by atoms with E-state index in [4.69, 9.17) is 5.73 Å². The van der Waals surface area contributed by atoms with Crippen molar-refractivity contribution in [3.8, 4) is 11.5 Å². The van der Waals surface area contributed by atoms with Gasteiger partial charge in [0.15, 0.2) is 5.82 Å². The second-order valence-electron chi connectivity index (χ2n) is 9.72. The Labute approximate surface area is 226 Å². The minimum Gasteiger partial charge on any atom is -0.368 e. The van der Waals surface area contributed by atoms with Gasteiger partial charge in [0.1, 0.15) is 23.3 Å². The molecule has 1 unspecified atom stereocenters. The summed E-state index contributed by atoms with van der Waals surface area (Å²) >= 11 is 0. The highest BCUT2D eigenvalue weighted by atomic mass is 16.2. The molecule has 4 heterocycles. The van der Waals surface area contributed by atoms with Crippen LogP contribution in [0.15, 0.2) is 96.8 Å². The minimum absolute atomic E-state index is 0.0359. The number of anilines is 1. The number of hydrogen-bond acceptors (Lipinski definition) is 6. The van der Waals surface area contributed by atoms with Gasteiger partial charge in [0.2, 0.25) is 5.91 Å². The first-order valence-corrected chi connectivity index (χ1v) is 13.1. The number of nitrogens with zero attached hydrogens (tertiary/aromatic N) is 4. The van der Waals surface area contributed by atoms with Crippen molar-refractivity contribution >= 4 is 28.5 Å². The molecule has 4 N–H and O–H groups in total. The standard InChI is InChI=1S/C30H29N7O2/c31-28(38)26-14-7-15-27(32-20-8-2-1-3-9-20)37(26)21-16-18-36(19-17-21)30(39)25-13-6-12-24(33-25)29-34-22-10-4-5-11-23(22)35-29/h1-15,21,26,32H,16-19H2,(H2,31,38)(H,34,35). The number of allylic oxidation sites excluding steroid dienone is 2. The molecule has 2 aromatic carbocycles. The second kappa shape index (κ2) is 10.4. The summed E-state index contributed by atoms with van der Waals surface area (Å²) in [6.07, 6.45) is 7.03. The number of benzene rings is 2. The maximum atomic E-state index is 13.4. The quantitative estimate of drug-likeness (QED) is 0.355. The van der Waals surface area contributed by atoms with Crippen LogP contribution in [0.5, 0.6) is 0 Å². The molecule has 0 bridgehead atoms. The number of amides is 2. The van der Waals surface area contributed by atoms with Crippen molar-refractivity contribution in [2.75, 3.05) is 18.4 Å². The lowest BCUT2D eigenvalue weighted by Crippen LogP contribution is -2.54. The number of fused-ring (bicyclic) bond motifs is 1. The molecular formula is C30H29N7O2. The van der Waals surface area contributed by atoms with E-state index in [0.29, 0.717) is 43.1 Å². The van der Waals surface area contributed by atoms with E-state index < -0.39 is 11.9 Å². The number of aromatic nitrogens is 3. The lowest BCUT2D eigenvalue weighted by atomic mass is 9.98. The number of carbonyl (C=O) groups excluding carboxylic acids is 2. The molecule has 0 aliphatic carbocycles. The number of nitrogens with two attached hydrogens (primary N) is 1. The third-order valence-electron chi connectivity index (χ3n) is 7.21. The first kappa shape index (κ1) is 24.4. The van der Waals surface area contributed by atoms with E-state index >= 15 is 0 Å². The smallest absolute Gasteiger partial charge is 0.272 e. The summed E-state index contributed by atoms with van der Waals surface area (Å²) in [5.74, 6) is 0.925. The zero-order chi connectivity index (χ0) is 26.8. The van der Waals surface area contributed by atoms with Gasteiger partial charge in [-0.05, 0) is 55.3 Å². The predicted molar refractivity (Wildman–Crippen MR) is 150 cm³/mol. The molecule has 39 heavy (non-hydrogen) atoms. The fourth-order valence-electron chi connectivity index (χ4n) is 5.28. The van der Waals surface area contributed by atoms with Crippen molar-refractivity contribution in [2.45, 2.75) is 24.9 Å². The van der Waals surface area contributed by atoms with Crippen molar-refractivity contribution < 1.29 is 9.59 Å². The normalized spacial score (nSPS) is 17.7. The summed E-state index contributed by atoms with van der Waals surface area (Å²) in [6, 6.07) is 22.5. The molecule has 1 saturated heterocycles. The first-order valence-electron chi connectivity index (χ1n) is 13.1. The van der Waals surface area contributed by atoms with Crippen molar-refractivity contribution in [3.05, 3.63) is 103 Å². The number of rotatable bonds is 6. The zero-order valence-electron chi connectivity index (χ0n) is 21.3. The van der Waals surface area contributed by atoms with Crippen LogP contribution in [0.4, 0.5) is 5.69 Å². The molecule has 0 saturated carbocycles. The molecule has 4 aromatic rings. The topological polar surface area (TPSA) is 120 Å². The van der Waals surface area contributed by atoms with Gasteiger partial charge < -0.3 is 25.8 Å². The number of carbonyl (C=O) groups is 2. The number of hydrogen-bond donors (Lipinski definition) is 3. The largest absolute Gasteiger partial charge is 0.368 e. The van der Waals surface area contributed by atoms with Crippen LogP contribution in [0.2, 0.25) is 0 Å². The van der Waals surface area contributed by atoms with E-state index in [-0.39, 0.29) is 11.9 Å². The van der Waals surface area contributed by atoms with Gasteiger partial charge in [0, 0.05) is 24.8 Å². The molecule has 6 rings (SSSR count). The van der Waals surface area contributed by atoms with Gasteiger partial charge in [-0.25, -0.2) is 9.97 Å². The van der Waals surface area contributed by atoms with Gasteiger partial charge in [0.05, 0.1) is 11.0 Å². The Bertz CT molecular complexity index is 1540. The molecule has 0 spiro atoms. The van der Waals surface area contributed by atoms with Crippen LogP contribution in [-0.2, 0) is 4.79 Å². The lowest BCUT2D eigenvalue weighted by molar-refractivity contribution is -0.122. The zero-order valence-corrected chi connectivity index (χ0v) is 21.3. The molecule has 1 atom stereocenters. The SMILES string of the molecule is NC(=O)C1C=CC=C(Nc2ccccc2)N1C1CCN(C(=O)c2cccc(-c3nc4ccccc4[nH]3)n2)CC1. The third-order valence-corrected chi connectivity index (χ3v) is 7.21. The van der Waals surface area contributed by atoms with Crippen LogP contribution in [0.1, 0.15) is 23.3 Å². The summed E-state index contributed by atoms with van der Waals surface area (Å²) in [6.45, 7) is 1.09. The van der Waals surface area contributed by atoms with Crippen molar-refractivity contribution in [3.63, 3.8) is 0 Å². The van der Waals surface area contributed by atoms with Crippen molar-refractivity contribution in [1.29, 1.82) is 0 Å². The van der Waals surface area contributed by atoms with Gasteiger partial charge >= 0.3 is 0 Å². The Morgan fingerprint density at radius 1 is 0.923 bits per heavy atom. The van der Waals surface area contributed by atoms with Crippen LogP contribution in [0.25, 0.3) is 22.6 Å². The monoisotopic (exact) mass is 519 g/mol. The summed E-state index contributed by atoms with van der Waals surface area (Å²) in [5.41, 5.74) is 9.50. The lowest BCUT2D eigenvalue weighted by Gasteiger charge is -2.44. The van der Waals surface area contributed by atoms with Gasteiger partial charge in [-0.15, -0.1) is 0 Å². The number of piperidine rings is 1. The maximum Gasteiger partial charge on any atom is 0.272 e. The number of nitrogens with one attached hydrogen (secondary N) is 2. The van der Waals surface area contributed by atoms with Crippen molar-refractivity contribution in [1.82, 2.24) is 24.8 Å². The van der Waals surface area contributed by atoms with Crippen LogP contribution >= 0.6 is 0 Å². The Hall–Kier alpha value is -4.92. The summed E-state index contributed by atoms with van der Waals surface area (Å²) in [7, 11) is 0. The average Bonchev–Trinajstić information content (AvgIpc) is 3.42. The van der Waals surface area contributed by atoms with Gasteiger partial charge in [0.25, 0.3) is 5.91 Å². The van der Waals surface area contributed by atoms with Gasteiger partial charge in [-0.2, -0.15) is 0 Å². The van der Waals surface area contributed by atoms with E-state index in [1.54, 1.807) is 6.07 Å². The fraction of sp³-hybridized carbons (Fsp3) is 0.200. The molecule has 9 nitrogen and oxygen atoms in total. The number of para-hydroxylation sites is 3. The van der Waals surface area contributed by atoms with Gasteiger partial charge in [-0.1, -0.05) is 48.6 Å². The van der Waals surface area contributed by atoms with E-state index in [1.807, 2.05) is 89.9 Å². The molecule has 2 amide bonds. The molecule has 9 heteroatoms. The molecular weight excluding hydrogens is 490 g/mol. The average molecular weight is 520 g/mol. The summed E-state index contributed by atoms with van der Waals surface area (Å²) in [5, 5.41) is 3.43. The molecule has 2 aliphatic heterocycles. The Morgan fingerprint density at radius 3 is 2.46 bits per heavy atom. The van der Waals surface area contributed by atoms with E-state index in [1.165, 1.54) is 0 Å². The van der Waals surface area contributed by atoms with Crippen LogP contribution in [0, 0.1) is 0 Å².